The second kappa shape index (κ2) is 19.6. The molecule has 1 rings (SSSR count). The van der Waals surface area contributed by atoms with Gasteiger partial charge in [0.05, 0.1) is 18.5 Å². The molecule has 1 fully saturated rings. The van der Waals surface area contributed by atoms with Gasteiger partial charge in [-0.15, -0.1) is 0 Å². The second-order valence-electron chi connectivity index (χ2n) is 12.2. The number of likely N-dealkylation sites (N-methyl/N-ethyl adjacent to an activating group) is 1. The van der Waals surface area contributed by atoms with Gasteiger partial charge in [0.1, 0.15) is 18.1 Å². The van der Waals surface area contributed by atoms with E-state index >= 15 is 0 Å². The highest BCUT2D eigenvalue weighted by Gasteiger charge is 2.39. The summed E-state index contributed by atoms with van der Waals surface area (Å²) < 4.78 is 0. The highest BCUT2D eigenvalue weighted by atomic mass is 16.2. The number of ketones is 1. The predicted octanol–water partition coefficient (Wildman–Crippen LogP) is -0.980. The van der Waals surface area contributed by atoms with Crippen molar-refractivity contribution < 1.29 is 28.8 Å². The van der Waals surface area contributed by atoms with E-state index in [1.54, 1.807) is 7.05 Å². The molecular weight excluding hydrogens is 582 g/mol. The Morgan fingerprint density at radius 1 is 0.911 bits per heavy atom. The first-order valence-corrected chi connectivity index (χ1v) is 15.9. The molecule has 0 aromatic heterocycles. The number of aliphatic imine (C=N–C) groups is 1. The van der Waals surface area contributed by atoms with Crippen molar-refractivity contribution in [2.75, 3.05) is 20.1 Å². The predicted molar refractivity (Wildman–Crippen MR) is 171 cm³/mol. The average molecular weight is 638 g/mol. The largest absolute Gasteiger partial charge is 0.370 e. The van der Waals surface area contributed by atoms with E-state index in [1.165, 1.54) is 11.8 Å². The molecule has 6 atom stereocenters. The molecule has 0 aromatic rings. The van der Waals surface area contributed by atoms with E-state index < -0.39 is 59.6 Å². The van der Waals surface area contributed by atoms with Crippen LogP contribution in [0.4, 0.5) is 0 Å². The Balaban J connectivity index is 3.22. The summed E-state index contributed by atoms with van der Waals surface area (Å²) in [7, 11) is 1.69. The van der Waals surface area contributed by atoms with E-state index in [-0.39, 0.29) is 43.1 Å². The third-order valence-electron chi connectivity index (χ3n) is 8.01. The minimum atomic E-state index is -1.10. The van der Waals surface area contributed by atoms with Crippen LogP contribution < -0.4 is 38.5 Å². The number of carbonyl (C=O) groups is 6. The molecule has 1 saturated heterocycles. The van der Waals surface area contributed by atoms with E-state index in [2.05, 4.69) is 26.3 Å². The fourth-order valence-electron chi connectivity index (χ4n) is 5.34. The lowest BCUT2D eigenvalue weighted by Crippen LogP contribution is -2.59. The topological polar surface area (TPSA) is 244 Å². The van der Waals surface area contributed by atoms with Crippen molar-refractivity contribution in [2.45, 2.75) is 116 Å². The van der Waals surface area contributed by atoms with E-state index in [1.807, 2.05) is 27.7 Å². The summed E-state index contributed by atoms with van der Waals surface area (Å²) in [5, 5.41) is 11.3. The number of Topliss-reactive ketones (excluding diaryl/α,β-unsaturated/α-hetero) is 1. The normalized spacial score (nSPS) is 17.8. The molecule has 10 N–H and O–H groups in total. The van der Waals surface area contributed by atoms with E-state index in [0.717, 1.165) is 6.42 Å². The molecule has 45 heavy (non-hydrogen) atoms. The van der Waals surface area contributed by atoms with Gasteiger partial charge in [0.15, 0.2) is 11.7 Å². The number of nitrogens with zero attached hydrogens (tertiary/aromatic N) is 2. The number of rotatable bonds is 20. The molecule has 0 aliphatic carbocycles. The van der Waals surface area contributed by atoms with Crippen LogP contribution in [-0.2, 0) is 28.8 Å². The van der Waals surface area contributed by atoms with Gasteiger partial charge in [-0.25, -0.2) is 0 Å². The summed E-state index contributed by atoms with van der Waals surface area (Å²) in [6.45, 7) is 9.64. The van der Waals surface area contributed by atoms with Crippen molar-refractivity contribution in [2.24, 2.45) is 34.0 Å². The summed E-state index contributed by atoms with van der Waals surface area (Å²) in [6, 6.07) is -4.39. The molecule has 15 heteroatoms. The molecule has 1 aliphatic rings. The van der Waals surface area contributed by atoms with Crippen LogP contribution in [-0.4, -0.2) is 96.5 Å². The zero-order chi connectivity index (χ0) is 34.3. The lowest BCUT2D eigenvalue weighted by atomic mass is 9.97. The molecular formula is C30H55N9O6. The second-order valence-corrected chi connectivity index (χ2v) is 12.2. The standard InChI is InChI=1S/C30H55N9O6/c1-7-18(4)25(34-6)28(44)38-22(15-17(2)3)26(42)36-20(11-8-9-13-35-30(32)33)29(45)39-14-10-12-23(39)27(43)37-21(19(5)40)16-24(31)41/h17-18,20-23,25,34H,7-16H2,1-6H3,(H2,31,41)(H,36,42)(H,37,43)(H,38,44)(H4,32,33,35)/t18-,20-,21-,22-,23-,25?/m0/s1. The van der Waals surface area contributed by atoms with Gasteiger partial charge >= 0.3 is 0 Å². The number of amides is 5. The molecule has 0 saturated carbocycles. The highest BCUT2D eigenvalue weighted by molar-refractivity contribution is 5.97. The Hall–Kier alpha value is -3.75. The molecule has 1 heterocycles. The fraction of sp³-hybridized carbons (Fsp3) is 0.767. The third kappa shape index (κ3) is 13.4. The Kier molecular flexibility index (Phi) is 17.1. The number of hydrogen-bond donors (Lipinski definition) is 7. The van der Waals surface area contributed by atoms with Crippen LogP contribution in [0.2, 0.25) is 0 Å². The molecule has 256 valence electrons. The van der Waals surface area contributed by atoms with Crippen LogP contribution in [0.15, 0.2) is 4.99 Å². The summed E-state index contributed by atoms with van der Waals surface area (Å²) in [5.41, 5.74) is 16.1. The number of primary amides is 1. The molecule has 15 nitrogen and oxygen atoms in total. The van der Waals surface area contributed by atoms with Gasteiger partial charge in [0.25, 0.3) is 0 Å². The van der Waals surface area contributed by atoms with Gasteiger partial charge in [0.2, 0.25) is 29.5 Å². The number of nitrogens with one attached hydrogen (secondary N) is 4. The van der Waals surface area contributed by atoms with Crippen LogP contribution in [0.3, 0.4) is 0 Å². The quantitative estimate of drug-likeness (QED) is 0.0492. The monoisotopic (exact) mass is 637 g/mol. The lowest BCUT2D eigenvalue weighted by molar-refractivity contribution is -0.142. The van der Waals surface area contributed by atoms with Crippen molar-refractivity contribution in [1.29, 1.82) is 0 Å². The first kappa shape index (κ1) is 39.3. The molecule has 5 amide bonds. The average Bonchev–Trinajstić information content (AvgIpc) is 3.45. The van der Waals surface area contributed by atoms with Crippen LogP contribution in [0, 0.1) is 11.8 Å². The van der Waals surface area contributed by atoms with Crippen molar-refractivity contribution in [3.63, 3.8) is 0 Å². The maximum Gasteiger partial charge on any atom is 0.245 e. The minimum Gasteiger partial charge on any atom is -0.370 e. The first-order chi connectivity index (χ1) is 21.1. The van der Waals surface area contributed by atoms with Gasteiger partial charge < -0.3 is 43.4 Å². The Bertz CT molecular complexity index is 1060. The summed E-state index contributed by atoms with van der Waals surface area (Å²) in [4.78, 5) is 82.8. The zero-order valence-corrected chi connectivity index (χ0v) is 27.7. The number of unbranched alkanes of at least 4 members (excludes halogenated alkanes) is 1. The summed E-state index contributed by atoms with van der Waals surface area (Å²) >= 11 is 0. The third-order valence-corrected chi connectivity index (χ3v) is 8.01. The Morgan fingerprint density at radius 2 is 1.56 bits per heavy atom. The van der Waals surface area contributed by atoms with Crippen LogP contribution in [0.25, 0.3) is 0 Å². The van der Waals surface area contributed by atoms with Crippen molar-refractivity contribution >= 4 is 41.3 Å². The number of nitrogens with two attached hydrogens (primary N) is 3. The van der Waals surface area contributed by atoms with Gasteiger partial charge in [-0.3, -0.25) is 33.8 Å². The smallest absolute Gasteiger partial charge is 0.245 e. The lowest BCUT2D eigenvalue weighted by Gasteiger charge is -2.31. The highest BCUT2D eigenvalue weighted by Crippen LogP contribution is 2.21. The Morgan fingerprint density at radius 3 is 2.09 bits per heavy atom. The molecule has 0 radical (unpaired) electrons. The van der Waals surface area contributed by atoms with Crippen LogP contribution in [0.5, 0.6) is 0 Å². The zero-order valence-electron chi connectivity index (χ0n) is 27.7. The van der Waals surface area contributed by atoms with Gasteiger partial charge in [-0.05, 0) is 64.3 Å². The van der Waals surface area contributed by atoms with E-state index in [9.17, 15) is 28.8 Å². The van der Waals surface area contributed by atoms with E-state index in [4.69, 9.17) is 17.2 Å². The molecule has 1 aliphatic heterocycles. The first-order valence-electron chi connectivity index (χ1n) is 15.9. The molecule has 0 bridgehead atoms. The van der Waals surface area contributed by atoms with Gasteiger partial charge in [-0.2, -0.15) is 0 Å². The van der Waals surface area contributed by atoms with Gasteiger partial charge in [-0.1, -0.05) is 34.1 Å². The number of hydrogen-bond acceptors (Lipinski definition) is 8. The molecule has 0 aromatic carbocycles. The number of carbonyl (C=O) groups excluding carboxylic acids is 6. The SMILES string of the molecule is CC[C@H](C)C(NC)C(=O)N[C@@H](CC(C)C)C(=O)N[C@@H](CCCCN=C(N)N)C(=O)N1CCC[C@H]1C(=O)N[C@@H](CC(N)=O)C(C)=O. The van der Waals surface area contributed by atoms with Crippen molar-refractivity contribution in [3.05, 3.63) is 0 Å². The summed E-state index contributed by atoms with van der Waals surface area (Å²) in [5.74, 6) is -2.98. The van der Waals surface area contributed by atoms with Crippen molar-refractivity contribution in [3.8, 4) is 0 Å². The molecule has 1 unspecified atom stereocenters. The number of guanidine groups is 1. The fourth-order valence-corrected chi connectivity index (χ4v) is 5.34. The summed E-state index contributed by atoms with van der Waals surface area (Å²) in [6.07, 6.45) is 2.89. The maximum atomic E-state index is 13.9. The van der Waals surface area contributed by atoms with Crippen LogP contribution in [0.1, 0.15) is 86.0 Å². The van der Waals surface area contributed by atoms with E-state index in [0.29, 0.717) is 38.6 Å². The van der Waals surface area contributed by atoms with Crippen molar-refractivity contribution in [1.82, 2.24) is 26.2 Å². The maximum absolute atomic E-state index is 13.9. The van der Waals surface area contributed by atoms with Gasteiger partial charge in [0, 0.05) is 13.1 Å². The molecule has 0 spiro atoms. The number of likely N-dealkylation sites (tertiary alicyclic amines) is 1. The minimum absolute atomic E-state index is 0.0288. The Labute approximate surface area is 266 Å². The van der Waals surface area contributed by atoms with Crippen LogP contribution >= 0.6 is 0 Å².